The molecule has 134 valence electrons. The van der Waals surface area contributed by atoms with E-state index in [0.717, 1.165) is 11.8 Å². The Balaban J connectivity index is 2.17. The number of halogens is 2. The molecule has 25 heavy (non-hydrogen) atoms. The molecule has 1 amide bonds. The van der Waals surface area contributed by atoms with E-state index in [4.69, 9.17) is 23.2 Å². The molecule has 0 aliphatic rings. The highest BCUT2D eigenvalue weighted by Crippen LogP contribution is 2.23. The number of anilines is 1. The zero-order valence-corrected chi connectivity index (χ0v) is 16.0. The summed E-state index contributed by atoms with van der Waals surface area (Å²) in [5.74, 6) is -0.318. The van der Waals surface area contributed by atoms with Gasteiger partial charge in [0.1, 0.15) is 0 Å². The van der Waals surface area contributed by atoms with Crippen molar-refractivity contribution in [3.8, 4) is 0 Å². The average Bonchev–Trinajstić information content (AvgIpc) is 2.49. The Morgan fingerprint density at radius 2 is 1.68 bits per heavy atom. The van der Waals surface area contributed by atoms with E-state index in [1.165, 1.54) is 0 Å². The summed E-state index contributed by atoms with van der Waals surface area (Å²) in [6.45, 7) is 1.83. The molecule has 2 N–H and O–H groups in total. The van der Waals surface area contributed by atoms with E-state index < -0.39 is 16.1 Å². The van der Waals surface area contributed by atoms with Crippen molar-refractivity contribution in [2.24, 2.45) is 0 Å². The van der Waals surface area contributed by atoms with Gasteiger partial charge in [-0.3, -0.25) is 4.79 Å². The van der Waals surface area contributed by atoms with Crippen molar-refractivity contribution >= 4 is 44.8 Å². The van der Waals surface area contributed by atoms with Gasteiger partial charge in [0.25, 0.3) is 0 Å². The van der Waals surface area contributed by atoms with Gasteiger partial charge >= 0.3 is 0 Å². The topological polar surface area (TPSA) is 75.3 Å². The van der Waals surface area contributed by atoms with E-state index in [1.807, 2.05) is 6.92 Å². The number of amides is 1. The fourth-order valence-corrected chi connectivity index (χ4v) is 3.42. The van der Waals surface area contributed by atoms with Crippen molar-refractivity contribution in [3.05, 3.63) is 63.6 Å². The summed E-state index contributed by atoms with van der Waals surface area (Å²) >= 11 is 11.8. The highest BCUT2D eigenvalue weighted by Gasteiger charge is 2.20. The average molecular weight is 401 g/mol. The molecular weight excluding hydrogens is 383 g/mol. The van der Waals surface area contributed by atoms with Gasteiger partial charge in [0.2, 0.25) is 15.9 Å². The molecule has 0 aliphatic carbocycles. The number of sulfonamides is 1. The molecule has 2 aromatic rings. The van der Waals surface area contributed by atoms with Crippen molar-refractivity contribution in [3.63, 3.8) is 0 Å². The quantitative estimate of drug-likeness (QED) is 0.771. The van der Waals surface area contributed by atoms with Gasteiger partial charge in [-0.2, -0.15) is 0 Å². The van der Waals surface area contributed by atoms with Crippen molar-refractivity contribution < 1.29 is 13.2 Å². The Hall–Kier alpha value is -1.60. The standard InChI is InChI=1S/C17H18Cl2N2O3S/c1-11-9-14(19)7-8-15(11)20-17(22)10-16(21-25(2,23)24)12-3-5-13(18)6-4-12/h3-9,16,21H,10H2,1-2H3,(H,20,22). The van der Waals surface area contributed by atoms with Crippen LogP contribution in [0.1, 0.15) is 23.6 Å². The molecular formula is C17H18Cl2N2O3S. The largest absolute Gasteiger partial charge is 0.326 e. The van der Waals surface area contributed by atoms with Crippen molar-refractivity contribution in [1.29, 1.82) is 0 Å². The van der Waals surface area contributed by atoms with Crippen molar-refractivity contribution in [1.82, 2.24) is 4.72 Å². The number of carbonyl (C=O) groups excluding carboxylic acids is 1. The molecule has 0 aliphatic heterocycles. The summed E-state index contributed by atoms with van der Waals surface area (Å²) in [6, 6.07) is 11.1. The third kappa shape index (κ3) is 6.32. The lowest BCUT2D eigenvalue weighted by Gasteiger charge is -2.18. The maximum absolute atomic E-state index is 12.4. The van der Waals surface area contributed by atoms with Gasteiger partial charge in [-0.1, -0.05) is 35.3 Å². The van der Waals surface area contributed by atoms with Crippen LogP contribution in [0.25, 0.3) is 0 Å². The summed E-state index contributed by atoms with van der Waals surface area (Å²) in [4.78, 5) is 12.4. The van der Waals surface area contributed by atoms with Gasteiger partial charge in [0.15, 0.2) is 0 Å². The Kier molecular flexibility index (Phi) is 6.46. The van der Waals surface area contributed by atoms with Crippen LogP contribution < -0.4 is 10.0 Å². The lowest BCUT2D eigenvalue weighted by Crippen LogP contribution is -2.30. The van der Waals surface area contributed by atoms with Gasteiger partial charge in [-0.25, -0.2) is 13.1 Å². The van der Waals surface area contributed by atoms with Gasteiger partial charge in [-0.05, 0) is 48.4 Å². The fourth-order valence-electron chi connectivity index (χ4n) is 2.34. The van der Waals surface area contributed by atoms with Crippen molar-refractivity contribution in [2.45, 2.75) is 19.4 Å². The first-order valence-electron chi connectivity index (χ1n) is 7.43. The monoisotopic (exact) mass is 400 g/mol. The highest BCUT2D eigenvalue weighted by molar-refractivity contribution is 7.88. The third-order valence-electron chi connectivity index (χ3n) is 3.48. The predicted octanol–water partition coefficient (Wildman–Crippen LogP) is 3.92. The minimum Gasteiger partial charge on any atom is -0.326 e. The highest BCUT2D eigenvalue weighted by atomic mass is 35.5. The van der Waals surface area contributed by atoms with Gasteiger partial charge < -0.3 is 5.32 Å². The van der Waals surface area contributed by atoms with Crippen LogP contribution in [0.5, 0.6) is 0 Å². The van der Waals surface area contributed by atoms with E-state index in [-0.39, 0.29) is 12.3 Å². The lowest BCUT2D eigenvalue weighted by molar-refractivity contribution is -0.116. The molecule has 0 saturated heterocycles. The van der Waals surface area contributed by atoms with Crippen molar-refractivity contribution in [2.75, 3.05) is 11.6 Å². The van der Waals surface area contributed by atoms with Crippen LogP contribution in [-0.4, -0.2) is 20.6 Å². The normalized spacial score (nSPS) is 12.6. The zero-order valence-electron chi connectivity index (χ0n) is 13.7. The molecule has 2 aromatic carbocycles. The SMILES string of the molecule is Cc1cc(Cl)ccc1NC(=O)CC(NS(C)(=O)=O)c1ccc(Cl)cc1. The van der Waals surface area contributed by atoms with E-state index in [0.29, 0.717) is 21.3 Å². The van der Waals surface area contributed by atoms with E-state index in [2.05, 4.69) is 10.0 Å². The second-order valence-corrected chi connectivity index (χ2v) is 8.36. The smallest absolute Gasteiger partial charge is 0.226 e. The third-order valence-corrected chi connectivity index (χ3v) is 4.68. The lowest BCUT2D eigenvalue weighted by atomic mass is 10.0. The Bertz CT molecular complexity index is 868. The maximum Gasteiger partial charge on any atom is 0.226 e. The maximum atomic E-state index is 12.4. The molecule has 8 heteroatoms. The first-order chi connectivity index (χ1) is 11.6. The molecule has 1 atom stereocenters. The second kappa shape index (κ2) is 8.19. The van der Waals surface area contributed by atoms with Gasteiger partial charge in [-0.15, -0.1) is 0 Å². The fraction of sp³-hybridized carbons (Fsp3) is 0.235. The van der Waals surface area contributed by atoms with Gasteiger partial charge in [0, 0.05) is 22.2 Å². The molecule has 0 radical (unpaired) electrons. The molecule has 0 aromatic heterocycles. The Labute approximate surface area is 157 Å². The number of benzene rings is 2. The van der Waals surface area contributed by atoms with Crippen LogP contribution >= 0.6 is 23.2 Å². The Morgan fingerprint density at radius 3 is 2.24 bits per heavy atom. The number of rotatable bonds is 6. The molecule has 1 unspecified atom stereocenters. The van der Waals surface area contributed by atoms with E-state index in [9.17, 15) is 13.2 Å². The summed E-state index contributed by atoms with van der Waals surface area (Å²) in [5, 5.41) is 3.88. The summed E-state index contributed by atoms with van der Waals surface area (Å²) in [5.41, 5.74) is 2.10. The minimum absolute atomic E-state index is 0.0588. The number of hydrogen-bond donors (Lipinski definition) is 2. The van der Waals surface area contributed by atoms with Crippen LogP contribution in [-0.2, 0) is 14.8 Å². The number of aryl methyl sites for hydroxylation is 1. The molecule has 2 rings (SSSR count). The molecule has 0 spiro atoms. The Morgan fingerprint density at radius 1 is 1.08 bits per heavy atom. The van der Waals surface area contributed by atoms with Crippen LogP contribution in [0.4, 0.5) is 5.69 Å². The summed E-state index contributed by atoms with van der Waals surface area (Å²) < 4.78 is 25.7. The van der Waals surface area contributed by atoms with Crippen LogP contribution in [0.3, 0.4) is 0 Å². The zero-order chi connectivity index (χ0) is 18.6. The number of nitrogens with one attached hydrogen (secondary N) is 2. The number of hydrogen-bond acceptors (Lipinski definition) is 3. The molecule has 0 fully saturated rings. The molecule has 0 bridgehead atoms. The molecule has 5 nitrogen and oxygen atoms in total. The number of carbonyl (C=O) groups is 1. The van der Waals surface area contributed by atoms with Crippen LogP contribution in [0.2, 0.25) is 10.0 Å². The first kappa shape index (κ1) is 19.7. The molecule has 0 saturated carbocycles. The summed E-state index contributed by atoms with van der Waals surface area (Å²) in [7, 11) is -3.49. The van der Waals surface area contributed by atoms with E-state index >= 15 is 0 Å². The van der Waals surface area contributed by atoms with Crippen LogP contribution in [0.15, 0.2) is 42.5 Å². The first-order valence-corrected chi connectivity index (χ1v) is 10.1. The van der Waals surface area contributed by atoms with Gasteiger partial charge in [0.05, 0.1) is 12.3 Å². The van der Waals surface area contributed by atoms with E-state index in [1.54, 1.807) is 42.5 Å². The summed E-state index contributed by atoms with van der Waals surface area (Å²) in [6.07, 6.45) is 0.994. The van der Waals surface area contributed by atoms with Crippen LogP contribution in [0, 0.1) is 6.92 Å². The minimum atomic E-state index is -3.49. The predicted molar refractivity (Wildman–Crippen MR) is 102 cm³/mol. The molecule has 0 heterocycles. The second-order valence-electron chi connectivity index (χ2n) is 5.71.